The Morgan fingerprint density at radius 2 is 2.21 bits per heavy atom. The number of carboxylic acid groups (broad SMARTS) is 1. The Balaban J connectivity index is 1.98. The van der Waals surface area contributed by atoms with E-state index in [1.165, 1.54) is 4.90 Å². The molecule has 0 spiro atoms. The van der Waals surface area contributed by atoms with Gasteiger partial charge in [-0.1, -0.05) is 0 Å². The van der Waals surface area contributed by atoms with Crippen molar-refractivity contribution in [2.75, 3.05) is 13.6 Å². The quantitative estimate of drug-likeness (QED) is 0.891. The van der Waals surface area contributed by atoms with Crippen molar-refractivity contribution in [1.82, 2.24) is 9.80 Å². The van der Waals surface area contributed by atoms with Gasteiger partial charge in [0, 0.05) is 19.6 Å². The summed E-state index contributed by atoms with van der Waals surface area (Å²) in [7, 11) is 1.70. The molecule has 0 saturated heterocycles. The zero-order valence-electron chi connectivity index (χ0n) is 10.5. The van der Waals surface area contributed by atoms with E-state index in [-0.39, 0.29) is 18.6 Å². The zero-order valence-corrected chi connectivity index (χ0v) is 12.9. The Morgan fingerprint density at radius 1 is 1.53 bits per heavy atom. The number of amides is 2. The van der Waals surface area contributed by atoms with E-state index in [2.05, 4.69) is 15.9 Å². The van der Waals surface area contributed by atoms with Crippen molar-refractivity contribution in [2.24, 2.45) is 0 Å². The van der Waals surface area contributed by atoms with Crippen molar-refractivity contribution in [3.05, 3.63) is 20.8 Å². The molecule has 2 amide bonds. The van der Waals surface area contributed by atoms with E-state index in [9.17, 15) is 9.59 Å². The number of urea groups is 1. The van der Waals surface area contributed by atoms with E-state index in [4.69, 9.17) is 5.11 Å². The fraction of sp³-hybridized carbons (Fsp3) is 0.500. The Hall–Kier alpha value is -1.08. The Bertz CT molecular complexity index is 487. The summed E-state index contributed by atoms with van der Waals surface area (Å²) in [6.45, 7) is 0.269. The van der Waals surface area contributed by atoms with Crippen molar-refractivity contribution in [2.45, 2.75) is 25.4 Å². The monoisotopic (exact) mass is 346 g/mol. The summed E-state index contributed by atoms with van der Waals surface area (Å²) >= 11 is 4.95. The number of thiophene rings is 1. The highest BCUT2D eigenvalue weighted by Crippen LogP contribution is 2.28. The number of carboxylic acids is 1. The van der Waals surface area contributed by atoms with Crippen LogP contribution in [0.15, 0.2) is 15.2 Å². The molecular formula is C12H15BrN2O3S. The van der Waals surface area contributed by atoms with Gasteiger partial charge in [-0.15, -0.1) is 11.3 Å². The standard InChI is InChI=1S/C12H15BrN2O3S/c1-14(5-8-4-10(13)19-7-8)12(18)15(6-11(16)17)9-2-3-9/h4,7,9H,2-3,5-6H2,1H3,(H,16,17). The average molecular weight is 347 g/mol. The zero-order chi connectivity index (χ0) is 14.0. The molecule has 1 saturated carbocycles. The normalized spacial score (nSPS) is 14.2. The van der Waals surface area contributed by atoms with Crippen LogP contribution in [0.5, 0.6) is 0 Å². The Kier molecular flexibility index (Phi) is 4.46. The lowest BCUT2D eigenvalue weighted by Crippen LogP contribution is -2.44. The first-order valence-electron chi connectivity index (χ1n) is 5.94. The molecule has 1 aromatic heterocycles. The number of aliphatic carboxylic acids is 1. The molecule has 1 heterocycles. The number of rotatable bonds is 5. The van der Waals surface area contributed by atoms with Crippen molar-refractivity contribution < 1.29 is 14.7 Å². The summed E-state index contributed by atoms with van der Waals surface area (Å²) in [4.78, 5) is 26.1. The van der Waals surface area contributed by atoms with Crippen LogP contribution in [0.2, 0.25) is 0 Å². The molecule has 1 aliphatic rings. The molecule has 0 unspecified atom stereocenters. The number of hydrogen-bond acceptors (Lipinski definition) is 3. The minimum atomic E-state index is -0.966. The molecule has 0 aromatic carbocycles. The molecule has 0 aliphatic heterocycles. The summed E-state index contributed by atoms with van der Waals surface area (Å²) in [6.07, 6.45) is 1.80. The van der Waals surface area contributed by atoms with Crippen LogP contribution < -0.4 is 0 Å². The number of halogens is 1. The smallest absolute Gasteiger partial charge is 0.323 e. The number of carbonyl (C=O) groups is 2. The number of carbonyl (C=O) groups excluding carboxylic acids is 1. The average Bonchev–Trinajstić information content (AvgIpc) is 3.09. The van der Waals surface area contributed by atoms with Crippen molar-refractivity contribution >= 4 is 39.3 Å². The molecule has 0 radical (unpaired) electrons. The van der Waals surface area contributed by atoms with Crippen LogP contribution in [0, 0.1) is 0 Å². The molecule has 1 aliphatic carbocycles. The first-order chi connectivity index (χ1) is 8.97. The molecule has 104 valence electrons. The molecule has 19 heavy (non-hydrogen) atoms. The van der Waals surface area contributed by atoms with E-state index >= 15 is 0 Å². The third-order valence-corrected chi connectivity index (χ3v) is 4.46. The van der Waals surface area contributed by atoms with Crippen molar-refractivity contribution in [1.29, 1.82) is 0 Å². The summed E-state index contributed by atoms with van der Waals surface area (Å²) in [5, 5.41) is 10.8. The third-order valence-electron chi connectivity index (χ3n) is 2.91. The molecule has 0 bridgehead atoms. The van der Waals surface area contributed by atoms with Crippen LogP contribution in [0.1, 0.15) is 18.4 Å². The summed E-state index contributed by atoms with van der Waals surface area (Å²) < 4.78 is 1.02. The van der Waals surface area contributed by atoms with Gasteiger partial charge < -0.3 is 14.9 Å². The van der Waals surface area contributed by atoms with E-state index in [0.29, 0.717) is 6.54 Å². The lowest BCUT2D eigenvalue weighted by molar-refractivity contribution is -0.137. The van der Waals surface area contributed by atoms with Gasteiger partial charge in [0.2, 0.25) is 0 Å². The van der Waals surface area contributed by atoms with Gasteiger partial charge in [-0.3, -0.25) is 4.79 Å². The van der Waals surface area contributed by atoms with Gasteiger partial charge in [0.05, 0.1) is 3.79 Å². The van der Waals surface area contributed by atoms with Crippen LogP contribution in [0.3, 0.4) is 0 Å². The number of hydrogen-bond donors (Lipinski definition) is 1. The summed E-state index contributed by atoms with van der Waals surface area (Å²) in [5.41, 5.74) is 1.04. The Labute approximate surface area is 123 Å². The third kappa shape index (κ3) is 3.94. The SMILES string of the molecule is CN(Cc1csc(Br)c1)C(=O)N(CC(=O)O)C1CC1. The summed E-state index contributed by atoms with van der Waals surface area (Å²) in [6, 6.07) is 1.85. The van der Waals surface area contributed by atoms with Crippen LogP contribution in [0.4, 0.5) is 4.79 Å². The maximum atomic E-state index is 12.3. The second kappa shape index (κ2) is 5.92. The van der Waals surface area contributed by atoms with Crippen LogP contribution in [-0.4, -0.2) is 46.5 Å². The van der Waals surface area contributed by atoms with Crippen molar-refractivity contribution in [3.63, 3.8) is 0 Å². The molecule has 7 heteroatoms. The molecule has 2 rings (SSSR count). The van der Waals surface area contributed by atoms with Gasteiger partial charge >= 0.3 is 12.0 Å². The highest BCUT2D eigenvalue weighted by atomic mass is 79.9. The highest BCUT2D eigenvalue weighted by Gasteiger charge is 2.35. The highest BCUT2D eigenvalue weighted by molar-refractivity contribution is 9.11. The maximum absolute atomic E-state index is 12.3. The molecule has 5 nitrogen and oxygen atoms in total. The van der Waals surface area contributed by atoms with Gasteiger partial charge in [-0.25, -0.2) is 4.79 Å². The maximum Gasteiger partial charge on any atom is 0.323 e. The first kappa shape index (κ1) is 14.3. The topological polar surface area (TPSA) is 60.9 Å². The summed E-state index contributed by atoms with van der Waals surface area (Å²) in [5.74, 6) is -0.966. The second-order valence-electron chi connectivity index (χ2n) is 4.65. The largest absolute Gasteiger partial charge is 0.480 e. The molecule has 1 fully saturated rings. The second-order valence-corrected chi connectivity index (χ2v) is 6.94. The lowest BCUT2D eigenvalue weighted by atomic mass is 10.3. The van der Waals surface area contributed by atoms with Gasteiger partial charge in [-0.2, -0.15) is 0 Å². The fourth-order valence-corrected chi connectivity index (χ4v) is 3.07. The Morgan fingerprint density at radius 3 is 2.68 bits per heavy atom. The van der Waals surface area contributed by atoms with Crippen molar-refractivity contribution in [3.8, 4) is 0 Å². The van der Waals surface area contributed by atoms with Gasteiger partial charge in [0.1, 0.15) is 6.54 Å². The molecule has 0 atom stereocenters. The minimum Gasteiger partial charge on any atom is -0.480 e. The van der Waals surface area contributed by atoms with Gasteiger partial charge in [-0.05, 0) is 45.8 Å². The first-order valence-corrected chi connectivity index (χ1v) is 7.61. The predicted octanol–water partition coefficient (Wildman–Crippen LogP) is 2.61. The van der Waals surface area contributed by atoms with Gasteiger partial charge in [0.25, 0.3) is 0 Å². The predicted molar refractivity (Wildman–Crippen MR) is 76.2 cm³/mol. The van der Waals surface area contributed by atoms with Crippen LogP contribution in [0.25, 0.3) is 0 Å². The van der Waals surface area contributed by atoms with E-state index in [0.717, 1.165) is 22.2 Å². The van der Waals surface area contributed by atoms with E-state index < -0.39 is 5.97 Å². The van der Waals surface area contributed by atoms with Gasteiger partial charge in [0.15, 0.2) is 0 Å². The number of nitrogens with zero attached hydrogens (tertiary/aromatic N) is 2. The van der Waals surface area contributed by atoms with E-state index in [1.54, 1.807) is 23.3 Å². The van der Waals surface area contributed by atoms with E-state index in [1.807, 2.05) is 11.4 Å². The fourth-order valence-electron chi connectivity index (χ4n) is 1.87. The van der Waals surface area contributed by atoms with Crippen LogP contribution >= 0.6 is 27.3 Å². The van der Waals surface area contributed by atoms with Crippen LogP contribution in [-0.2, 0) is 11.3 Å². The lowest BCUT2D eigenvalue weighted by Gasteiger charge is -2.26. The molecular weight excluding hydrogens is 332 g/mol. The molecule has 1 N–H and O–H groups in total. The molecule has 1 aromatic rings. The minimum absolute atomic E-state index is 0.0975.